The maximum Gasteiger partial charge on any atom is 0.226 e. The molecule has 126 valence electrons. The standard InChI is InChI=1S/C17H27N5O/c1-4-9-18-15-13-16(21-17(20-15)19-10-5-2)22-11-7-14(8-12-22)23-6-3/h4-5,13-14H,1-2,6-12H2,3H3,(H2,18,19,20,21). The monoisotopic (exact) mass is 317 g/mol. The van der Waals surface area contributed by atoms with Crippen LogP contribution in [0.15, 0.2) is 31.4 Å². The minimum atomic E-state index is 0.370. The largest absolute Gasteiger partial charge is 0.378 e. The Morgan fingerprint density at radius 2 is 1.91 bits per heavy atom. The maximum absolute atomic E-state index is 5.71. The molecule has 0 bridgehead atoms. The summed E-state index contributed by atoms with van der Waals surface area (Å²) in [6.07, 6.45) is 6.03. The zero-order valence-electron chi connectivity index (χ0n) is 13.9. The van der Waals surface area contributed by atoms with E-state index in [2.05, 4.69) is 38.7 Å². The van der Waals surface area contributed by atoms with E-state index >= 15 is 0 Å². The molecule has 0 aromatic carbocycles. The van der Waals surface area contributed by atoms with Gasteiger partial charge in [-0.05, 0) is 19.8 Å². The lowest BCUT2D eigenvalue weighted by Gasteiger charge is -2.32. The molecule has 6 heteroatoms. The average Bonchev–Trinajstić information content (AvgIpc) is 2.59. The number of hydrogen-bond acceptors (Lipinski definition) is 6. The number of ether oxygens (including phenoxy) is 1. The van der Waals surface area contributed by atoms with Crippen LogP contribution in [0.25, 0.3) is 0 Å². The van der Waals surface area contributed by atoms with Gasteiger partial charge in [0.1, 0.15) is 11.6 Å². The molecule has 0 saturated carbocycles. The number of nitrogens with one attached hydrogen (secondary N) is 2. The van der Waals surface area contributed by atoms with Crippen molar-refractivity contribution >= 4 is 17.6 Å². The molecule has 1 fully saturated rings. The smallest absolute Gasteiger partial charge is 0.226 e. The second-order valence-corrected chi connectivity index (χ2v) is 5.42. The van der Waals surface area contributed by atoms with Crippen LogP contribution >= 0.6 is 0 Å². The van der Waals surface area contributed by atoms with Crippen molar-refractivity contribution in [1.82, 2.24) is 9.97 Å². The van der Waals surface area contributed by atoms with E-state index in [-0.39, 0.29) is 0 Å². The Morgan fingerprint density at radius 3 is 2.57 bits per heavy atom. The summed E-state index contributed by atoms with van der Waals surface area (Å²) in [4.78, 5) is 11.4. The van der Waals surface area contributed by atoms with Gasteiger partial charge in [-0.1, -0.05) is 12.2 Å². The molecule has 1 aliphatic heterocycles. The third kappa shape index (κ3) is 5.25. The Morgan fingerprint density at radius 1 is 1.22 bits per heavy atom. The molecule has 0 aliphatic carbocycles. The van der Waals surface area contributed by atoms with E-state index in [0.29, 0.717) is 25.1 Å². The predicted octanol–water partition coefficient (Wildman–Crippen LogP) is 2.68. The number of rotatable bonds is 9. The molecule has 0 amide bonds. The summed E-state index contributed by atoms with van der Waals surface area (Å²) < 4.78 is 5.71. The van der Waals surface area contributed by atoms with Crippen molar-refractivity contribution in [3.8, 4) is 0 Å². The topological polar surface area (TPSA) is 62.3 Å². The van der Waals surface area contributed by atoms with E-state index in [1.807, 2.05) is 19.1 Å². The van der Waals surface area contributed by atoms with Gasteiger partial charge in [0.25, 0.3) is 0 Å². The lowest BCUT2D eigenvalue weighted by molar-refractivity contribution is 0.0458. The van der Waals surface area contributed by atoms with Crippen LogP contribution in [-0.4, -0.2) is 48.9 Å². The molecule has 0 radical (unpaired) electrons. The number of hydrogen-bond donors (Lipinski definition) is 2. The molecular formula is C17H27N5O. The first kappa shape index (κ1) is 17.3. The van der Waals surface area contributed by atoms with Crippen LogP contribution in [0.3, 0.4) is 0 Å². The highest BCUT2D eigenvalue weighted by atomic mass is 16.5. The zero-order valence-corrected chi connectivity index (χ0v) is 13.9. The van der Waals surface area contributed by atoms with Gasteiger partial charge in [-0.3, -0.25) is 0 Å². The van der Waals surface area contributed by atoms with Gasteiger partial charge >= 0.3 is 0 Å². The lowest BCUT2D eigenvalue weighted by atomic mass is 10.1. The van der Waals surface area contributed by atoms with E-state index < -0.39 is 0 Å². The van der Waals surface area contributed by atoms with Crippen molar-refractivity contribution in [2.24, 2.45) is 0 Å². The molecule has 2 rings (SSSR count). The summed E-state index contributed by atoms with van der Waals surface area (Å²) in [5.41, 5.74) is 0. The third-order valence-corrected chi connectivity index (χ3v) is 3.71. The fourth-order valence-electron chi connectivity index (χ4n) is 2.59. The first-order valence-corrected chi connectivity index (χ1v) is 8.22. The van der Waals surface area contributed by atoms with Gasteiger partial charge in [0, 0.05) is 38.9 Å². The van der Waals surface area contributed by atoms with E-state index in [1.165, 1.54) is 0 Å². The van der Waals surface area contributed by atoms with E-state index in [0.717, 1.165) is 44.2 Å². The first-order valence-electron chi connectivity index (χ1n) is 8.22. The highest BCUT2D eigenvalue weighted by molar-refractivity contribution is 5.54. The molecule has 1 aromatic rings. The third-order valence-electron chi connectivity index (χ3n) is 3.71. The van der Waals surface area contributed by atoms with E-state index in [4.69, 9.17) is 4.74 Å². The number of nitrogens with zero attached hydrogens (tertiary/aromatic N) is 3. The van der Waals surface area contributed by atoms with Crippen molar-refractivity contribution in [2.75, 3.05) is 48.3 Å². The fourth-order valence-corrected chi connectivity index (χ4v) is 2.59. The zero-order chi connectivity index (χ0) is 16.5. The number of anilines is 3. The normalized spacial score (nSPS) is 15.3. The highest BCUT2D eigenvalue weighted by Gasteiger charge is 2.21. The number of piperidine rings is 1. The van der Waals surface area contributed by atoms with Crippen molar-refractivity contribution in [3.63, 3.8) is 0 Å². The van der Waals surface area contributed by atoms with Crippen LogP contribution < -0.4 is 15.5 Å². The van der Waals surface area contributed by atoms with Gasteiger partial charge in [0.2, 0.25) is 5.95 Å². The van der Waals surface area contributed by atoms with Crippen molar-refractivity contribution in [3.05, 3.63) is 31.4 Å². The molecule has 0 unspecified atom stereocenters. The summed E-state index contributed by atoms with van der Waals surface area (Å²) in [5.74, 6) is 2.35. The Balaban J connectivity index is 2.09. The second-order valence-electron chi connectivity index (χ2n) is 5.42. The van der Waals surface area contributed by atoms with Gasteiger partial charge in [-0.2, -0.15) is 9.97 Å². The van der Waals surface area contributed by atoms with Gasteiger partial charge in [0.05, 0.1) is 6.10 Å². The summed E-state index contributed by atoms with van der Waals surface area (Å²) in [7, 11) is 0. The van der Waals surface area contributed by atoms with Gasteiger partial charge in [-0.15, -0.1) is 13.2 Å². The maximum atomic E-state index is 5.71. The molecule has 1 aliphatic rings. The molecule has 2 heterocycles. The van der Waals surface area contributed by atoms with Crippen LogP contribution in [0.2, 0.25) is 0 Å². The quantitative estimate of drug-likeness (QED) is 0.683. The van der Waals surface area contributed by atoms with Crippen LogP contribution in [0, 0.1) is 0 Å². The molecule has 6 nitrogen and oxygen atoms in total. The van der Waals surface area contributed by atoms with Gasteiger partial charge in [0.15, 0.2) is 0 Å². The minimum Gasteiger partial charge on any atom is -0.378 e. The van der Waals surface area contributed by atoms with Gasteiger partial charge < -0.3 is 20.3 Å². The molecule has 0 spiro atoms. The molecule has 1 aromatic heterocycles. The SMILES string of the molecule is C=CCNc1cc(N2CCC(OCC)CC2)nc(NCC=C)n1. The highest BCUT2D eigenvalue weighted by Crippen LogP contribution is 2.23. The Hall–Kier alpha value is -2.08. The van der Waals surface area contributed by atoms with Crippen LogP contribution in [0.1, 0.15) is 19.8 Å². The summed E-state index contributed by atoms with van der Waals surface area (Å²) in [6.45, 7) is 13.5. The van der Waals surface area contributed by atoms with Crippen molar-refractivity contribution < 1.29 is 4.74 Å². The summed E-state index contributed by atoms with van der Waals surface area (Å²) in [5, 5.41) is 6.40. The van der Waals surface area contributed by atoms with Crippen LogP contribution in [0.4, 0.5) is 17.6 Å². The van der Waals surface area contributed by atoms with Crippen LogP contribution in [0.5, 0.6) is 0 Å². The summed E-state index contributed by atoms with van der Waals surface area (Å²) >= 11 is 0. The van der Waals surface area contributed by atoms with Crippen molar-refractivity contribution in [1.29, 1.82) is 0 Å². The Kier molecular flexibility index (Phi) is 6.87. The molecule has 2 N–H and O–H groups in total. The Bertz CT molecular complexity index is 481. The van der Waals surface area contributed by atoms with Crippen LogP contribution in [-0.2, 0) is 4.74 Å². The first-order chi connectivity index (χ1) is 11.3. The fraction of sp³-hybridized carbons (Fsp3) is 0.529. The molecule has 0 atom stereocenters. The lowest BCUT2D eigenvalue weighted by Crippen LogP contribution is -2.37. The minimum absolute atomic E-state index is 0.370. The van der Waals surface area contributed by atoms with E-state index in [1.54, 1.807) is 6.08 Å². The van der Waals surface area contributed by atoms with Crippen molar-refractivity contribution in [2.45, 2.75) is 25.9 Å². The molecular weight excluding hydrogens is 290 g/mol. The molecule has 23 heavy (non-hydrogen) atoms. The summed E-state index contributed by atoms with van der Waals surface area (Å²) in [6, 6.07) is 1.99. The van der Waals surface area contributed by atoms with E-state index in [9.17, 15) is 0 Å². The van der Waals surface area contributed by atoms with Gasteiger partial charge in [-0.25, -0.2) is 0 Å². The molecule has 1 saturated heterocycles. The predicted molar refractivity (Wildman–Crippen MR) is 96.3 cm³/mol. The Labute approximate surface area is 138 Å². The average molecular weight is 317 g/mol. The second kappa shape index (κ2) is 9.15. The number of aromatic nitrogens is 2.